The van der Waals surface area contributed by atoms with Gasteiger partial charge in [-0.3, -0.25) is 9.59 Å². The smallest absolute Gasteiger partial charge is 0.237 e. The highest BCUT2D eigenvalue weighted by molar-refractivity contribution is 6.09. The molecule has 0 aliphatic carbocycles. The van der Waals surface area contributed by atoms with Gasteiger partial charge in [-0.2, -0.15) is 0 Å². The molecule has 3 rings (SSSR count). The van der Waals surface area contributed by atoms with Crippen molar-refractivity contribution in [2.24, 2.45) is 16.5 Å². The zero-order valence-electron chi connectivity index (χ0n) is 12.4. The van der Waals surface area contributed by atoms with Crippen LogP contribution in [0.4, 0.5) is 5.69 Å². The van der Waals surface area contributed by atoms with Gasteiger partial charge in [0.25, 0.3) is 0 Å². The molecule has 0 unspecified atom stereocenters. The number of rotatable bonds is 4. The summed E-state index contributed by atoms with van der Waals surface area (Å²) < 4.78 is 0. The summed E-state index contributed by atoms with van der Waals surface area (Å²) in [6, 6.07) is 14.3. The number of hydrogen-bond acceptors (Lipinski definition) is 5. The second-order valence-electron chi connectivity index (χ2n) is 5.33. The van der Waals surface area contributed by atoms with Crippen LogP contribution in [0, 0.1) is 0 Å². The number of primary amides is 1. The lowest BCUT2D eigenvalue weighted by atomic mass is 9.99. The molecule has 2 aromatic carbocycles. The molecule has 0 atom stereocenters. The third kappa shape index (κ3) is 3.06. The molecule has 116 valence electrons. The lowest BCUT2D eigenvalue weighted by molar-refractivity contribution is -0.118. The normalized spacial score (nSPS) is 13.2. The standard InChI is InChI=1S/C17H16N4O2/c18-15(22)10-21-9-13-8-12(6-7-14(13)20-17(21)19)16(23)11-4-2-1-3-5-11/h1-8H,9-10H2,(H2,18,22)(H2,19,20). The number of carbonyl (C=O) groups excluding carboxylic acids is 2. The summed E-state index contributed by atoms with van der Waals surface area (Å²) in [5.74, 6) is -0.293. The number of aliphatic imine (C=N–C) groups is 1. The minimum Gasteiger partial charge on any atom is -0.369 e. The number of fused-ring (bicyclic) bond motifs is 1. The summed E-state index contributed by atoms with van der Waals surface area (Å²) in [6.07, 6.45) is 0. The molecule has 1 heterocycles. The van der Waals surface area contributed by atoms with E-state index in [2.05, 4.69) is 4.99 Å². The molecule has 0 spiro atoms. The number of nitrogens with two attached hydrogens (primary N) is 2. The molecule has 1 aliphatic rings. The van der Waals surface area contributed by atoms with Gasteiger partial charge in [-0.25, -0.2) is 4.99 Å². The molecule has 0 aromatic heterocycles. The average Bonchev–Trinajstić information content (AvgIpc) is 2.55. The number of hydrogen-bond donors (Lipinski definition) is 2. The third-order valence-corrected chi connectivity index (χ3v) is 3.64. The molecule has 1 amide bonds. The Labute approximate surface area is 133 Å². The van der Waals surface area contributed by atoms with E-state index in [1.807, 2.05) is 18.2 Å². The first-order valence-corrected chi connectivity index (χ1v) is 7.14. The Morgan fingerprint density at radius 3 is 2.52 bits per heavy atom. The predicted octanol–water partition coefficient (Wildman–Crippen LogP) is 1.16. The molecule has 6 heteroatoms. The SMILES string of the molecule is NC(=O)CN1Cc2cc(C(=O)c3ccccc3)ccc2N=C1N. The fourth-order valence-electron chi connectivity index (χ4n) is 2.52. The molecule has 0 saturated heterocycles. The van der Waals surface area contributed by atoms with Crippen LogP contribution in [0.5, 0.6) is 0 Å². The van der Waals surface area contributed by atoms with E-state index in [0.717, 1.165) is 5.56 Å². The quantitative estimate of drug-likeness (QED) is 0.827. The van der Waals surface area contributed by atoms with Crippen LogP contribution in [-0.2, 0) is 11.3 Å². The van der Waals surface area contributed by atoms with Gasteiger partial charge in [0.1, 0.15) is 0 Å². The summed E-state index contributed by atoms with van der Waals surface area (Å²) in [5.41, 5.74) is 13.8. The molecule has 0 fully saturated rings. The molecule has 4 N–H and O–H groups in total. The highest BCUT2D eigenvalue weighted by Gasteiger charge is 2.20. The van der Waals surface area contributed by atoms with Crippen molar-refractivity contribution in [3.63, 3.8) is 0 Å². The Morgan fingerprint density at radius 1 is 1.09 bits per heavy atom. The summed E-state index contributed by atoms with van der Waals surface area (Å²) in [7, 11) is 0. The Kier molecular flexibility index (Phi) is 3.80. The number of ketones is 1. The Hall–Kier alpha value is -3.15. The van der Waals surface area contributed by atoms with Crippen molar-refractivity contribution in [3.05, 3.63) is 65.2 Å². The van der Waals surface area contributed by atoms with E-state index >= 15 is 0 Å². The van der Waals surface area contributed by atoms with Crippen molar-refractivity contribution < 1.29 is 9.59 Å². The van der Waals surface area contributed by atoms with E-state index in [9.17, 15) is 9.59 Å². The van der Waals surface area contributed by atoms with Crippen LogP contribution in [0.3, 0.4) is 0 Å². The maximum Gasteiger partial charge on any atom is 0.237 e. The Balaban J connectivity index is 1.92. The van der Waals surface area contributed by atoms with Crippen molar-refractivity contribution in [2.45, 2.75) is 6.54 Å². The van der Waals surface area contributed by atoms with Crippen LogP contribution in [0.1, 0.15) is 21.5 Å². The average molecular weight is 308 g/mol. The van der Waals surface area contributed by atoms with Crippen molar-refractivity contribution in [2.75, 3.05) is 6.54 Å². The number of amides is 1. The van der Waals surface area contributed by atoms with E-state index in [4.69, 9.17) is 11.5 Å². The number of guanidine groups is 1. The van der Waals surface area contributed by atoms with Gasteiger partial charge in [-0.05, 0) is 23.8 Å². The molecule has 2 aromatic rings. The molecular weight excluding hydrogens is 292 g/mol. The topological polar surface area (TPSA) is 102 Å². The maximum atomic E-state index is 12.5. The van der Waals surface area contributed by atoms with Crippen LogP contribution in [0.25, 0.3) is 0 Å². The van der Waals surface area contributed by atoms with Crippen molar-refractivity contribution in [3.8, 4) is 0 Å². The largest absolute Gasteiger partial charge is 0.369 e. The molecule has 1 aliphatic heterocycles. The molecule has 6 nitrogen and oxygen atoms in total. The summed E-state index contributed by atoms with van der Waals surface area (Å²) >= 11 is 0. The second kappa shape index (κ2) is 5.92. The molecular formula is C17H16N4O2. The Morgan fingerprint density at radius 2 is 1.83 bits per heavy atom. The lowest BCUT2D eigenvalue weighted by Crippen LogP contribution is -2.43. The van der Waals surface area contributed by atoms with Crippen LogP contribution < -0.4 is 11.5 Å². The summed E-state index contributed by atoms with van der Waals surface area (Å²) in [6.45, 7) is 0.384. The molecule has 23 heavy (non-hydrogen) atoms. The van der Waals surface area contributed by atoms with E-state index in [0.29, 0.717) is 23.4 Å². The van der Waals surface area contributed by atoms with Gasteiger partial charge >= 0.3 is 0 Å². The van der Waals surface area contributed by atoms with E-state index < -0.39 is 5.91 Å². The number of nitrogens with zero attached hydrogens (tertiary/aromatic N) is 2. The maximum absolute atomic E-state index is 12.5. The first kappa shape index (κ1) is 14.8. The third-order valence-electron chi connectivity index (χ3n) is 3.64. The van der Waals surface area contributed by atoms with Crippen LogP contribution >= 0.6 is 0 Å². The van der Waals surface area contributed by atoms with Crippen molar-refractivity contribution in [1.29, 1.82) is 0 Å². The van der Waals surface area contributed by atoms with Gasteiger partial charge in [0.15, 0.2) is 11.7 Å². The molecule has 0 radical (unpaired) electrons. The number of carbonyl (C=O) groups is 2. The van der Waals surface area contributed by atoms with Gasteiger partial charge in [0.2, 0.25) is 5.91 Å². The monoisotopic (exact) mass is 308 g/mol. The van der Waals surface area contributed by atoms with Gasteiger partial charge < -0.3 is 16.4 Å². The summed E-state index contributed by atoms with van der Waals surface area (Å²) in [5, 5.41) is 0. The van der Waals surface area contributed by atoms with Crippen molar-refractivity contribution in [1.82, 2.24) is 4.90 Å². The number of benzene rings is 2. The van der Waals surface area contributed by atoms with Crippen LogP contribution in [0.15, 0.2) is 53.5 Å². The zero-order valence-corrected chi connectivity index (χ0v) is 12.4. The fourth-order valence-corrected chi connectivity index (χ4v) is 2.52. The zero-order chi connectivity index (χ0) is 16.4. The van der Waals surface area contributed by atoms with Crippen LogP contribution in [0.2, 0.25) is 0 Å². The van der Waals surface area contributed by atoms with E-state index in [1.54, 1.807) is 35.2 Å². The van der Waals surface area contributed by atoms with Gasteiger partial charge in [-0.1, -0.05) is 30.3 Å². The highest BCUT2D eigenvalue weighted by Crippen LogP contribution is 2.27. The van der Waals surface area contributed by atoms with E-state index in [1.165, 1.54) is 0 Å². The predicted molar refractivity (Wildman–Crippen MR) is 87.2 cm³/mol. The van der Waals surface area contributed by atoms with E-state index in [-0.39, 0.29) is 18.3 Å². The lowest BCUT2D eigenvalue weighted by Gasteiger charge is -2.27. The van der Waals surface area contributed by atoms with Gasteiger partial charge in [0.05, 0.1) is 12.2 Å². The minimum absolute atomic E-state index is 0.00830. The highest BCUT2D eigenvalue weighted by atomic mass is 16.1. The molecule has 0 saturated carbocycles. The first-order chi connectivity index (χ1) is 11.0. The molecule has 0 bridgehead atoms. The minimum atomic E-state index is -0.483. The first-order valence-electron chi connectivity index (χ1n) is 7.14. The van der Waals surface area contributed by atoms with Gasteiger partial charge in [-0.15, -0.1) is 0 Å². The fraction of sp³-hybridized carbons (Fsp3) is 0.118. The van der Waals surface area contributed by atoms with Crippen LogP contribution in [-0.4, -0.2) is 29.1 Å². The Bertz CT molecular complexity index is 799. The summed E-state index contributed by atoms with van der Waals surface area (Å²) in [4.78, 5) is 29.4. The van der Waals surface area contributed by atoms with Crippen molar-refractivity contribution >= 4 is 23.3 Å². The van der Waals surface area contributed by atoms with Gasteiger partial charge in [0, 0.05) is 17.7 Å². The second-order valence-corrected chi connectivity index (χ2v) is 5.33.